The summed E-state index contributed by atoms with van der Waals surface area (Å²) in [6.45, 7) is 4.83. The minimum Gasteiger partial charge on any atom is -0.348 e. The molecular formula is C28H45ClN4O3. The zero-order valence-electron chi connectivity index (χ0n) is 22.0. The molecule has 2 fully saturated rings. The highest BCUT2D eigenvalue weighted by Gasteiger charge is 2.33. The van der Waals surface area contributed by atoms with Gasteiger partial charge in [-0.25, -0.2) is 4.79 Å². The highest BCUT2D eigenvalue weighted by atomic mass is 35.5. The molecule has 0 bridgehead atoms. The lowest BCUT2D eigenvalue weighted by Crippen LogP contribution is -2.52. The number of likely N-dealkylation sites (N-methyl/N-ethyl adjacent to an activating group) is 1. The number of aldehydes is 1. The summed E-state index contributed by atoms with van der Waals surface area (Å²) in [5, 5.41) is 10.4. The van der Waals surface area contributed by atoms with E-state index in [1.807, 2.05) is 36.2 Å². The SMILES string of the molecule is CCCNC(C=O)O[C@@H](c1cccc(Cl)c1)[C@@H]1CCCN(C(=O)NC(CNC)CC2CCCCC2)C1. The van der Waals surface area contributed by atoms with Gasteiger partial charge in [-0.15, -0.1) is 0 Å². The second-order valence-corrected chi connectivity index (χ2v) is 10.9. The van der Waals surface area contributed by atoms with Crippen molar-refractivity contribution in [3.8, 4) is 0 Å². The van der Waals surface area contributed by atoms with Crippen molar-refractivity contribution in [3.63, 3.8) is 0 Å². The number of urea groups is 1. The number of carbonyl (C=O) groups excluding carboxylic acids is 2. The number of nitrogens with zero attached hydrogens (tertiary/aromatic N) is 1. The largest absolute Gasteiger partial charge is 0.348 e. The average molecular weight is 521 g/mol. The van der Waals surface area contributed by atoms with Gasteiger partial charge >= 0.3 is 6.03 Å². The minimum atomic E-state index is -0.700. The zero-order chi connectivity index (χ0) is 25.8. The molecule has 2 aliphatic rings. The first-order chi connectivity index (χ1) is 17.5. The molecule has 202 valence electrons. The fourth-order valence-corrected chi connectivity index (χ4v) is 5.89. The smallest absolute Gasteiger partial charge is 0.317 e. The number of hydrogen-bond acceptors (Lipinski definition) is 5. The van der Waals surface area contributed by atoms with Gasteiger partial charge in [-0.2, -0.15) is 0 Å². The fraction of sp³-hybridized carbons (Fsp3) is 0.714. The van der Waals surface area contributed by atoms with E-state index in [9.17, 15) is 9.59 Å². The predicted molar refractivity (Wildman–Crippen MR) is 145 cm³/mol. The average Bonchev–Trinajstić information content (AvgIpc) is 2.89. The number of nitrogens with one attached hydrogen (secondary N) is 3. The van der Waals surface area contributed by atoms with Crippen LogP contribution in [0.5, 0.6) is 0 Å². The van der Waals surface area contributed by atoms with Crippen LogP contribution in [0.4, 0.5) is 4.79 Å². The molecule has 3 N–H and O–H groups in total. The molecular weight excluding hydrogens is 476 g/mol. The van der Waals surface area contributed by atoms with E-state index in [1.165, 1.54) is 32.1 Å². The van der Waals surface area contributed by atoms with Gasteiger partial charge in [0.25, 0.3) is 0 Å². The molecule has 7 nitrogen and oxygen atoms in total. The lowest BCUT2D eigenvalue weighted by molar-refractivity contribution is -0.129. The van der Waals surface area contributed by atoms with E-state index in [2.05, 4.69) is 22.9 Å². The number of hydrogen-bond donors (Lipinski definition) is 3. The number of carbonyl (C=O) groups is 2. The van der Waals surface area contributed by atoms with Gasteiger partial charge in [0.15, 0.2) is 12.5 Å². The Balaban J connectivity index is 1.68. The van der Waals surface area contributed by atoms with Crippen LogP contribution in [-0.2, 0) is 9.53 Å². The fourth-order valence-electron chi connectivity index (χ4n) is 5.69. The summed E-state index contributed by atoms with van der Waals surface area (Å²) in [6, 6.07) is 7.76. The molecule has 1 saturated heterocycles. The van der Waals surface area contributed by atoms with Crippen molar-refractivity contribution in [2.75, 3.05) is 33.2 Å². The molecule has 3 rings (SSSR count). The van der Waals surface area contributed by atoms with Crippen molar-refractivity contribution >= 4 is 23.9 Å². The van der Waals surface area contributed by atoms with Crippen molar-refractivity contribution in [2.45, 2.75) is 83.1 Å². The van der Waals surface area contributed by atoms with Crippen LogP contribution in [0.3, 0.4) is 0 Å². The molecule has 36 heavy (non-hydrogen) atoms. The summed E-state index contributed by atoms with van der Waals surface area (Å²) < 4.78 is 6.32. The normalized spacial score (nSPS) is 21.5. The number of halogens is 1. The van der Waals surface area contributed by atoms with Crippen molar-refractivity contribution in [2.24, 2.45) is 11.8 Å². The molecule has 1 aromatic carbocycles. The number of likely N-dealkylation sites (tertiary alicyclic amines) is 1. The molecule has 2 amide bonds. The lowest BCUT2D eigenvalue weighted by Gasteiger charge is -2.38. The summed E-state index contributed by atoms with van der Waals surface area (Å²) in [5.74, 6) is 0.762. The molecule has 1 aliphatic heterocycles. The molecule has 0 spiro atoms. The van der Waals surface area contributed by atoms with E-state index in [4.69, 9.17) is 16.3 Å². The number of piperidine rings is 1. The van der Waals surface area contributed by atoms with Gasteiger partial charge < -0.3 is 20.3 Å². The zero-order valence-corrected chi connectivity index (χ0v) is 22.8. The quantitative estimate of drug-likeness (QED) is 0.254. The molecule has 1 heterocycles. The van der Waals surface area contributed by atoms with Crippen LogP contribution < -0.4 is 16.0 Å². The van der Waals surface area contributed by atoms with Crippen molar-refractivity contribution < 1.29 is 14.3 Å². The number of amides is 2. The first-order valence-corrected chi connectivity index (χ1v) is 14.2. The van der Waals surface area contributed by atoms with Crippen LogP contribution in [0.25, 0.3) is 0 Å². The van der Waals surface area contributed by atoms with Crippen LogP contribution in [0, 0.1) is 11.8 Å². The second-order valence-electron chi connectivity index (χ2n) is 10.4. The molecule has 0 aromatic heterocycles. The van der Waals surface area contributed by atoms with E-state index < -0.39 is 6.23 Å². The molecule has 1 aromatic rings. The Kier molecular flexibility index (Phi) is 12.5. The van der Waals surface area contributed by atoms with Crippen LogP contribution in [0.1, 0.15) is 76.4 Å². The summed E-state index contributed by atoms with van der Waals surface area (Å²) in [6.07, 6.45) is 10.0. The van der Waals surface area contributed by atoms with E-state index in [0.717, 1.165) is 50.6 Å². The van der Waals surface area contributed by atoms with E-state index in [-0.39, 0.29) is 24.1 Å². The lowest BCUT2D eigenvalue weighted by atomic mass is 9.85. The van der Waals surface area contributed by atoms with Crippen LogP contribution in [0.15, 0.2) is 24.3 Å². The Morgan fingerprint density at radius 2 is 2.03 bits per heavy atom. The minimum absolute atomic E-state index is 0.00310. The van der Waals surface area contributed by atoms with Crippen molar-refractivity contribution in [3.05, 3.63) is 34.9 Å². The molecule has 4 atom stereocenters. The van der Waals surface area contributed by atoms with Gasteiger partial charge in [-0.1, -0.05) is 62.8 Å². The van der Waals surface area contributed by atoms with Gasteiger partial charge in [0, 0.05) is 36.6 Å². The van der Waals surface area contributed by atoms with Crippen LogP contribution >= 0.6 is 11.6 Å². The van der Waals surface area contributed by atoms with Gasteiger partial charge in [0.2, 0.25) is 0 Å². The topological polar surface area (TPSA) is 82.7 Å². The Morgan fingerprint density at radius 1 is 1.22 bits per heavy atom. The number of benzene rings is 1. The third-order valence-electron chi connectivity index (χ3n) is 7.48. The Bertz CT molecular complexity index is 805. The summed E-state index contributed by atoms with van der Waals surface area (Å²) in [4.78, 5) is 27.0. The third kappa shape index (κ3) is 9.02. The van der Waals surface area contributed by atoms with Gasteiger partial charge in [-0.05, 0) is 62.9 Å². The molecule has 8 heteroatoms. The van der Waals surface area contributed by atoms with Gasteiger partial charge in [0.05, 0.1) is 6.10 Å². The van der Waals surface area contributed by atoms with Crippen LogP contribution in [-0.4, -0.2) is 62.7 Å². The molecule has 0 radical (unpaired) electrons. The van der Waals surface area contributed by atoms with E-state index >= 15 is 0 Å². The molecule has 1 aliphatic carbocycles. The Morgan fingerprint density at radius 3 is 2.72 bits per heavy atom. The second kappa shape index (κ2) is 15.6. The monoisotopic (exact) mass is 520 g/mol. The maximum Gasteiger partial charge on any atom is 0.317 e. The summed E-state index contributed by atoms with van der Waals surface area (Å²) >= 11 is 6.31. The van der Waals surface area contributed by atoms with Crippen molar-refractivity contribution in [1.82, 2.24) is 20.9 Å². The number of rotatable bonds is 13. The van der Waals surface area contributed by atoms with Gasteiger partial charge in [-0.3, -0.25) is 10.1 Å². The third-order valence-corrected chi connectivity index (χ3v) is 7.72. The van der Waals surface area contributed by atoms with Gasteiger partial charge in [0.1, 0.15) is 0 Å². The summed E-state index contributed by atoms with van der Waals surface area (Å²) in [7, 11) is 1.94. The van der Waals surface area contributed by atoms with Crippen molar-refractivity contribution in [1.29, 1.82) is 0 Å². The highest BCUT2D eigenvalue weighted by molar-refractivity contribution is 6.30. The van der Waals surface area contributed by atoms with E-state index in [0.29, 0.717) is 24.0 Å². The standard InChI is InChI=1S/C28H45ClN4O3/c1-3-14-31-26(20-34)36-27(22-11-7-13-24(29)17-22)23-12-8-15-33(19-23)28(35)32-25(18-30-2)16-21-9-5-4-6-10-21/h7,11,13,17,20-21,23,25-27,30-31H,3-6,8-10,12,14-16,18-19H2,1-2H3,(H,32,35)/t23-,25?,26?,27+/m1/s1. The Hall–Kier alpha value is -1.67. The molecule has 1 saturated carbocycles. The highest BCUT2D eigenvalue weighted by Crippen LogP contribution is 2.35. The molecule has 2 unspecified atom stereocenters. The van der Waals surface area contributed by atoms with Crippen LogP contribution in [0.2, 0.25) is 5.02 Å². The number of ether oxygens (including phenoxy) is 1. The maximum atomic E-state index is 13.4. The summed E-state index contributed by atoms with van der Waals surface area (Å²) in [5.41, 5.74) is 0.935. The Labute approximate surface area is 222 Å². The first kappa shape index (κ1) is 28.9. The maximum absolute atomic E-state index is 13.4. The predicted octanol–water partition coefficient (Wildman–Crippen LogP) is 4.90. The van der Waals surface area contributed by atoms with E-state index in [1.54, 1.807) is 0 Å². The first-order valence-electron chi connectivity index (χ1n) is 13.8.